The molecule has 3 saturated carbocycles. The van der Waals surface area contributed by atoms with E-state index in [-0.39, 0.29) is 16.1 Å². The summed E-state index contributed by atoms with van der Waals surface area (Å²) in [4.78, 5) is -0.163. The minimum atomic E-state index is -3.94. The van der Waals surface area contributed by atoms with E-state index >= 15 is 0 Å². The number of allylic oxidation sites excluding steroid dienone is 1. The van der Waals surface area contributed by atoms with Gasteiger partial charge in [-0.1, -0.05) is 13.0 Å². The van der Waals surface area contributed by atoms with Crippen molar-refractivity contribution in [2.24, 2.45) is 34.2 Å². The molecule has 4 aliphatic rings. The van der Waals surface area contributed by atoms with E-state index in [0.717, 1.165) is 45.1 Å². The van der Waals surface area contributed by atoms with Gasteiger partial charge < -0.3 is 8.92 Å². The molecule has 3 aliphatic carbocycles. The van der Waals surface area contributed by atoms with Crippen LogP contribution in [0.25, 0.3) is 0 Å². The Kier molecular flexibility index (Phi) is 5.37. The highest BCUT2D eigenvalue weighted by Crippen LogP contribution is 2.62. The number of hydrogen-bond acceptors (Lipinski definition) is 6. The molecular formula is C23H31NO6S2. The van der Waals surface area contributed by atoms with Gasteiger partial charge in [-0.2, -0.15) is 8.42 Å². The van der Waals surface area contributed by atoms with Crippen LogP contribution >= 0.6 is 0 Å². The number of rotatable bonds is 4. The number of primary sulfonamides is 1. The topological polar surface area (TPSA) is 113 Å². The Labute approximate surface area is 190 Å². The average molecular weight is 482 g/mol. The highest BCUT2D eigenvalue weighted by atomic mass is 32.2. The molecule has 7 nitrogen and oxygen atoms in total. The van der Waals surface area contributed by atoms with Crippen LogP contribution < -0.4 is 9.32 Å². The number of ether oxygens (including phenoxy) is 1. The third kappa shape index (κ3) is 3.66. The van der Waals surface area contributed by atoms with Crippen LogP contribution in [0.4, 0.5) is 0 Å². The van der Waals surface area contributed by atoms with Crippen molar-refractivity contribution in [3.05, 3.63) is 36.1 Å². The van der Waals surface area contributed by atoms with Crippen molar-refractivity contribution in [2.45, 2.75) is 62.0 Å². The van der Waals surface area contributed by atoms with Gasteiger partial charge in [0.15, 0.2) is 0 Å². The molecule has 5 rings (SSSR count). The van der Waals surface area contributed by atoms with Gasteiger partial charge in [-0.15, -0.1) is 0 Å². The molecule has 1 heterocycles. The minimum absolute atomic E-state index is 0.00749. The van der Waals surface area contributed by atoms with E-state index in [1.807, 2.05) is 6.26 Å². The number of hydrogen-bond donors (Lipinski definition) is 1. The van der Waals surface area contributed by atoms with Gasteiger partial charge in [0.2, 0.25) is 10.0 Å². The second-order valence-corrected chi connectivity index (χ2v) is 13.4. The Morgan fingerprint density at radius 2 is 1.88 bits per heavy atom. The second-order valence-electron chi connectivity index (χ2n) is 10.1. The summed E-state index contributed by atoms with van der Waals surface area (Å²) in [6.45, 7) is 2.91. The molecule has 0 radical (unpaired) electrons. The van der Waals surface area contributed by atoms with Crippen molar-refractivity contribution in [1.29, 1.82) is 0 Å². The van der Waals surface area contributed by atoms with E-state index in [1.54, 1.807) is 0 Å². The Bertz CT molecular complexity index is 1140. The number of nitrogens with two attached hydrogens (primary N) is 1. The molecule has 3 fully saturated rings. The molecule has 0 amide bonds. The van der Waals surface area contributed by atoms with Crippen molar-refractivity contribution >= 4 is 20.1 Å². The minimum Gasteiger partial charge on any atom is -0.501 e. The molecular weight excluding hydrogens is 450 g/mol. The summed E-state index contributed by atoms with van der Waals surface area (Å²) in [5.41, 5.74) is 1.12. The van der Waals surface area contributed by atoms with Crippen molar-refractivity contribution in [2.75, 3.05) is 6.61 Å². The predicted molar refractivity (Wildman–Crippen MR) is 120 cm³/mol. The SMILES string of the molecule is C[C@]12CCC3C4CCOC=C4CCC3C1CC[C@@H]2S(=O)(=O)Oc1cccc(S(N)(=O)=O)c1. The van der Waals surface area contributed by atoms with Gasteiger partial charge in [0.05, 0.1) is 17.8 Å². The van der Waals surface area contributed by atoms with Crippen molar-refractivity contribution in [3.63, 3.8) is 0 Å². The summed E-state index contributed by atoms with van der Waals surface area (Å²) in [5.74, 6) is 2.10. The molecule has 32 heavy (non-hydrogen) atoms. The lowest BCUT2D eigenvalue weighted by Gasteiger charge is -2.53. The summed E-state index contributed by atoms with van der Waals surface area (Å²) < 4.78 is 61.1. The highest BCUT2D eigenvalue weighted by Gasteiger charge is 2.60. The largest absolute Gasteiger partial charge is 0.501 e. The summed E-state index contributed by atoms with van der Waals surface area (Å²) in [5, 5.41) is 4.59. The van der Waals surface area contributed by atoms with E-state index in [0.29, 0.717) is 30.1 Å². The van der Waals surface area contributed by atoms with Gasteiger partial charge in [-0.05, 0) is 91.7 Å². The Balaban J connectivity index is 1.38. The lowest BCUT2D eigenvalue weighted by atomic mass is 9.53. The van der Waals surface area contributed by atoms with Gasteiger partial charge >= 0.3 is 10.1 Å². The molecule has 0 spiro atoms. The molecule has 4 unspecified atom stereocenters. The molecule has 6 atom stereocenters. The van der Waals surface area contributed by atoms with Gasteiger partial charge in [-0.25, -0.2) is 13.6 Å². The van der Waals surface area contributed by atoms with E-state index in [2.05, 4.69) is 6.92 Å². The summed E-state index contributed by atoms with van der Waals surface area (Å²) in [6.07, 6.45) is 8.57. The molecule has 1 aromatic rings. The normalized spacial score (nSPS) is 36.8. The third-order valence-corrected chi connectivity index (χ3v) is 11.4. The second kappa shape index (κ2) is 7.74. The molecule has 0 bridgehead atoms. The van der Waals surface area contributed by atoms with Crippen LogP contribution in [0.3, 0.4) is 0 Å². The zero-order chi connectivity index (χ0) is 22.7. The number of fused-ring (bicyclic) bond motifs is 5. The summed E-state index contributed by atoms with van der Waals surface area (Å²) in [6, 6.07) is 5.40. The van der Waals surface area contributed by atoms with Crippen LogP contribution in [0.2, 0.25) is 0 Å². The molecule has 0 aromatic heterocycles. The van der Waals surface area contributed by atoms with Gasteiger partial charge in [-0.3, -0.25) is 0 Å². The van der Waals surface area contributed by atoms with Crippen LogP contribution in [0.5, 0.6) is 5.75 Å². The van der Waals surface area contributed by atoms with Crippen LogP contribution in [-0.4, -0.2) is 28.7 Å². The van der Waals surface area contributed by atoms with Gasteiger partial charge in [0, 0.05) is 6.07 Å². The van der Waals surface area contributed by atoms with E-state index < -0.39 is 25.4 Å². The lowest BCUT2D eigenvalue weighted by molar-refractivity contribution is -0.00922. The monoisotopic (exact) mass is 481 g/mol. The highest BCUT2D eigenvalue weighted by molar-refractivity contribution is 7.89. The first kappa shape index (κ1) is 22.2. The molecule has 9 heteroatoms. The maximum absolute atomic E-state index is 13.4. The van der Waals surface area contributed by atoms with E-state index in [9.17, 15) is 16.8 Å². The van der Waals surface area contributed by atoms with E-state index in [1.165, 1.54) is 29.8 Å². The molecule has 176 valence electrons. The smallest absolute Gasteiger partial charge is 0.312 e. The lowest BCUT2D eigenvalue weighted by Crippen LogP contribution is -2.49. The summed E-state index contributed by atoms with van der Waals surface area (Å²) >= 11 is 0. The van der Waals surface area contributed by atoms with Crippen LogP contribution in [0.15, 0.2) is 41.0 Å². The quantitative estimate of drug-likeness (QED) is 0.658. The van der Waals surface area contributed by atoms with Gasteiger partial charge in [0.25, 0.3) is 0 Å². The Morgan fingerprint density at radius 1 is 1.06 bits per heavy atom. The molecule has 1 aromatic carbocycles. The van der Waals surface area contributed by atoms with Crippen LogP contribution in [0, 0.1) is 29.1 Å². The average Bonchev–Trinajstić information content (AvgIpc) is 3.11. The van der Waals surface area contributed by atoms with Crippen LogP contribution in [-0.2, 0) is 24.9 Å². The zero-order valence-corrected chi connectivity index (χ0v) is 19.9. The first-order valence-electron chi connectivity index (χ1n) is 11.5. The van der Waals surface area contributed by atoms with Crippen molar-refractivity contribution < 1.29 is 25.8 Å². The number of sulfonamides is 1. The standard InChI is InChI=1S/C23H31NO6S2/c1-23-11-9-19-18-10-12-29-14-15(18)5-6-20(19)21(23)7-8-22(23)32(27,28)30-16-3-2-4-17(13-16)31(24,25)26/h2-4,13-14,18-22H,5-12H2,1H3,(H2,24,25,26)/t18?,19?,20?,21?,22-,23-/m0/s1. The van der Waals surface area contributed by atoms with Gasteiger partial charge in [0.1, 0.15) is 11.0 Å². The molecule has 1 aliphatic heterocycles. The maximum atomic E-state index is 13.4. The van der Waals surface area contributed by atoms with Crippen LogP contribution in [0.1, 0.15) is 51.9 Å². The maximum Gasteiger partial charge on any atom is 0.312 e. The van der Waals surface area contributed by atoms with Crippen molar-refractivity contribution in [3.8, 4) is 5.75 Å². The van der Waals surface area contributed by atoms with Crippen molar-refractivity contribution in [1.82, 2.24) is 0 Å². The molecule has 0 saturated heterocycles. The fraction of sp³-hybridized carbons (Fsp3) is 0.652. The number of benzene rings is 1. The Morgan fingerprint density at radius 3 is 2.66 bits per heavy atom. The van der Waals surface area contributed by atoms with E-state index in [4.69, 9.17) is 14.1 Å². The first-order valence-corrected chi connectivity index (χ1v) is 14.5. The fourth-order valence-electron chi connectivity index (χ4n) is 7.25. The Hall–Kier alpha value is -1.58. The predicted octanol–water partition coefficient (Wildman–Crippen LogP) is 3.57. The third-order valence-electron chi connectivity index (χ3n) is 8.64. The summed E-state index contributed by atoms with van der Waals surface area (Å²) in [7, 11) is -7.87. The fourth-order valence-corrected chi connectivity index (χ4v) is 9.67. The zero-order valence-electron chi connectivity index (χ0n) is 18.3. The molecule has 2 N–H and O–H groups in total. The first-order chi connectivity index (χ1) is 15.1.